The second-order valence-corrected chi connectivity index (χ2v) is 6.45. The molecule has 2 fully saturated rings. The highest BCUT2D eigenvalue weighted by atomic mass is 16.6. The number of likely N-dealkylation sites (tertiary alicyclic amines) is 1. The molecule has 0 aromatic carbocycles. The lowest BCUT2D eigenvalue weighted by molar-refractivity contribution is -0.147. The van der Waals surface area contributed by atoms with Crippen molar-refractivity contribution in [3.05, 3.63) is 24.5 Å². The molecular weight excluding hydrogens is 340 g/mol. The van der Waals surface area contributed by atoms with E-state index in [2.05, 4.69) is 9.88 Å². The first-order chi connectivity index (χ1) is 12.5. The summed E-state index contributed by atoms with van der Waals surface area (Å²) in [6.45, 7) is 3.80. The van der Waals surface area contributed by atoms with Crippen LogP contribution < -0.4 is 4.90 Å². The number of carboxylic acids is 1. The molecule has 0 spiro atoms. The maximum absolute atomic E-state index is 12.4. The second kappa shape index (κ2) is 7.59. The van der Waals surface area contributed by atoms with E-state index in [-0.39, 0.29) is 18.9 Å². The van der Waals surface area contributed by atoms with Gasteiger partial charge in [-0.15, -0.1) is 0 Å². The lowest BCUT2D eigenvalue weighted by Gasteiger charge is -2.35. The zero-order valence-corrected chi connectivity index (χ0v) is 14.6. The molecule has 26 heavy (non-hydrogen) atoms. The predicted molar refractivity (Wildman–Crippen MR) is 91.7 cm³/mol. The lowest BCUT2D eigenvalue weighted by Crippen LogP contribution is -2.49. The monoisotopic (exact) mass is 362 g/mol. The fourth-order valence-corrected chi connectivity index (χ4v) is 3.37. The van der Waals surface area contributed by atoms with Crippen molar-refractivity contribution >= 4 is 23.7 Å². The Balaban J connectivity index is 1.52. The SMILES string of the molecule is CC(=O)N1C[C@H](OC(=O)N2CCN(c3cccnc3)CC2)C[C@H]1C(=O)O. The molecule has 1 aromatic heterocycles. The first kappa shape index (κ1) is 18.0. The summed E-state index contributed by atoms with van der Waals surface area (Å²) < 4.78 is 5.45. The molecular formula is C17H22N4O5. The summed E-state index contributed by atoms with van der Waals surface area (Å²) in [4.78, 5) is 44.3. The van der Waals surface area contributed by atoms with Crippen LogP contribution in [0, 0.1) is 0 Å². The topological polar surface area (TPSA) is 103 Å². The smallest absolute Gasteiger partial charge is 0.410 e. The predicted octanol–water partition coefficient (Wildman–Crippen LogP) is 0.414. The number of anilines is 1. The number of ether oxygens (including phenoxy) is 1. The van der Waals surface area contributed by atoms with Crippen LogP contribution in [0.5, 0.6) is 0 Å². The van der Waals surface area contributed by atoms with Gasteiger partial charge in [0.2, 0.25) is 5.91 Å². The minimum atomic E-state index is -1.08. The highest BCUT2D eigenvalue weighted by molar-refractivity contribution is 5.83. The highest BCUT2D eigenvalue weighted by Crippen LogP contribution is 2.22. The van der Waals surface area contributed by atoms with Gasteiger partial charge in [-0.05, 0) is 12.1 Å². The summed E-state index contributed by atoms with van der Waals surface area (Å²) in [5.74, 6) is -1.41. The van der Waals surface area contributed by atoms with E-state index in [9.17, 15) is 19.5 Å². The summed E-state index contributed by atoms with van der Waals surface area (Å²) in [6, 6.07) is 2.91. The number of carboxylic acid groups (broad SMARTS) is 1. The van der Waals surface area contributed by atoms with Gasteiger partial charge in [-0.1, -0.05) is 0 Å². The number of hydrogen-bond acceptors (Lipinski definition) is 6. The number of carbonyl (C=O) groups is 3. The van der Waals surface area contributed by atoms with E-state index >= 15 is 0 Å². The Kier molecular flexibility index (Phi) is 5.24. The fraction of sp³-hybridized carbons (Fsp3) is 0.529. The number of nitrogens with zero attached hydrogens (tertiary/aromatic N) is 4. The molecule has 0 radical (unpaired) electrons. The third-order valence-corrected chi connectivity index (χ3v) is 4.77. The van der Waals surface area contributed by atoms with E-state index in [4.69, 9.17) is 4.74 Å². The standard InChI is InChI=1S/C17H22N4O5/c1-12(22)21-11-14(9-15(21)16(23)24)26-17(25)20-7-5-19(6-8-20)13-3-2-4-18-10-13/h2-4,10,14-15H,5-9,11H2,1H3,(H,23,24)/t14-,15+/m1/s1. The van der Waals surface area contributed by atoms with Gasteiger partial charge in [0.15, 0.2) is 0 Å². The van der Waals surface area contributed by atoms with Crippen molar-refractivity contribution in [1.82, 2.24) is 14.8 Å². The van der Waals surface area contributed by atoms with Gasteiger partial charge in [0.1, 0.15) is 12.1 Å². The molecule has 2 amide bonds. The van der Waals surface area contributed by atoms with Gasteiger partial charge in [-0.25, -0.2) is 9.59 Å². The molecule has 1 N–H and O–H groups in total. The van der Waals surface area contributed by atoms with Gasteiger partial charge < -0.3 is 24.5 Å². The number of aliphatic carboxylic acids is 1. The van der Waals surface area contributed by atoms with Crippen LogP contribution in [0.1, 0.15) is 13.3 Å². The van der Waals surface area contributed by atoms with E-state index in [0.717, 1.165) is 5.69 Å². The van der Waals surface area contributed by atoms with Crippen molar-refractivity contribution in [3.8, 4) is 0 Å². The van der Waals surface area contributed by atoms with Crippen LogP contribution in [0.15, 0.2) is 24.5 Å². The first-order valence-electron chi connectivity index (χ1n) is 8.56. The molecule has 140 valence electrons. The average Bonchev–Trinajstić information content (AvgIpc) is 3.07. The van der Waals surface area contributed by atoms with Crippen LogP contribution in [0.2, 0.25) is 0 Å². The molecule has 0 aliphatic carbocycles. The lowest BCUT2D eigenvalue weighted by atomic mass is 10.2. The summed E-state index contributed by atoms with van der Waals surface area (Å²) in [5, 5.41) is 9.22. The Labute approximate surface area is 151 Å². The number of piperazine rings is 1. The van der Waals surface area contributed by atoms with E-state index in [0.29, 0.717) is 26.2 Å². The van der Waals surface area contributed by atoms with Crippen molar-refractivity contribution in [2.24, 2.45) is 0 Å². The number of pyridine rings is 1. The summed E-state index contributed by atoms with van der Waals surface area (Å²) >= 11 is 0. The minimum absolute atomic E-state index is 0.119. The van der Waals surface area contributed by atoms with Gasteiger partial charge in [-0.2, -0.15) is 0 Å². The van der Waals surface area contributed by atoms with Crippen molar-refractivity contribution in [1.29, 1.82) is 0 Å². The Morgan fingerprint density at radius 3 is 2.50 bits per heavy atom. The molecule has 0 saturated carbocycles. The highest BCUT2D eigenvalue weighted by Gasteiger charge is 2.40. The van der Waals surface area contributed by atoms with Gasteiger partial charge in [0.25, 0.3) is 0 Å². The van der Waals surface area contributed by atoms with Crippen LogP contribution in [0.25, 0.3) is 0 Å². The molecule has 2 saturated heterocycles. The number of rotatable bonds is 3. The Hall–Kier alpha value is -2.84. The minimum Gasteiger partial charge on any atom is -0.480 e. The summed E-state index contributed by atoms with van der Waals surface area (Å²) in [6.07, 6.45) is 2.57. The zero-order chi connectivity index (χ0) is 18.7. The Morgan fingerprint density at radius 2 is 1.96 bits per heavy atom. The van der Waals surface area contributed by atoms with Crippen LogP contribution in [0.4, 0.5) is 10.5 Å². The maximum Gasteiger partial charge on any atom is 0.410 e. The van der Waals surface area contributed by atoms with Gasteiger partial charge in [-0.3, -0.25) is 9.78 Å². The first-order valence-corrected chi connectivity index (χ1v) is 8.56. The quantitative estimate of drug-likeness (QED) is 0.831. The number of hydrogen-bond donors (Lipinski definition) is 1. The van der Waals surface area contributed by atoms with Crippen molar-refractivity contribution in [3.63, 3.8) is 0 Å². The van der Waals surface area contributed by atoms with E-state index < -0.39 is 24.2 Å². The van der Waals surface area contributed by atoms with Crippen LogP contribution >= 0.6 is 0 Å². The largest absolute Gasteiger partial charge is 0.480 e. The fourth-order valence-electron chi connectivity index (χ4n) is 3.37. The molecule has 0 bridgehead atoms. The molecule has 9 heteroatoms. The average molecular weight is 362 g/mol. The van der Waals surface area contributed by atoms with Crippen LogP contribution in [-0.2, 0) is 14.3 Å². The third-order valence-electron chi connectivity index (χ3n) is 4.77. The van der Waals surface area contributed by atoms with Crippen LogP contribution in [-0.4, -0.2) is 82.7 Å². The molecule has 2 atom stereocenters. The van der Waals surface area contributed by atoms with E-state index in [1.165, 1.54) is 11.8 Å². The molecule has 1 aromatic rings. The maximum atomic E-state index is 12.4. The molecule has 9 nitrogen and oxygen atoms in total. The van der Waals surface area contributed by atoms with Crippen molar-refractivity contribution in [2.45, 2.75) is 25.5 Å². The number of aromatic nitrogens is 1. The zero-order valence-electron chi connectivity index (χ0n) is 14.6. The normalized spacial score (nSPS) is 23.0. The Morgan fingerprint density at radius 1 is 1.23 bits per heavy atom. The number of amides is 2. The van der Waals surface area contributed by atoms with Gasteiger partial charge >= 0.3 is 12.1 Å². The summed E-state index contributed by atoms with van der Waals surface area (Å²) in [5.41, 5.74) is 1.01. The van der Waals surface area contributed by atoms with E-state index in [1.54, 1.807) is 17.3 Å². The van der Waals surface area contributed by atoms with E-state index in [1.807, 2.05) is 12.1 Å². The molecule has 2 aliphatic heterocycles. The molecule has 3 rings (SSSR count). The molecule has 3 heterocycles. The molecule has 0 unspecified atom stereocenters. The van der Waals surface area contributed by atoms with Crippen molar-refractivity contribution < 1.29 is 24.2 Å². The number of carbonyl (C=O) groups excluding carboxylic acids is 2. The molecule has 2 aliphatic rings. The second-order valence-electron chi connectivity index (χ2n) is 6.45. The van der Waals surface area contributed by atoms with Crippen LogP contribution in [0.3, 0.4) is 0 Å². The summed E-state index contributed by atoms with van der Waals surface area (Å²) in [7, 11) is 0. The van der Waals surface area contributed by atoms with Crippen molar-refractivity contribution in [2.75, 3.05) is 37.6 Å². The van der Waals surface area contributed by atoms with Gasteiger partial charge in [0.05, 0.1) is 18.4 Å². The Bertz CT molecular complexity index is 653. The third kappa shape index (κ3) is 3.87. The van der Waals surface area contributed by atoms with Gasteiger partial charge in [0, 0.05) is 45.7 Å².